The molecule has 1 aromatic rings. The van der Waals surface area contributed by atoms with Gasteiger partial charge in [-0.25, -0.2) is 0 Å². The van der Waals surface area contributed by atoms with Crippen molar-refractivity contribution in [3.8, 4) is 0 Å². The van der Waals surface area contributed by atoms with E-state index in [2.05, 4.69) is 20.9 Å². The molecular weight excluding hydrogens is 204 g/mol. The summed E-state index contributed by atoms with van der Waals surface area (Å²) in [5.74, 6) is -0.0127. The lowest BCUT2D eigenvalue weighted by molar-refractivity contribution is -0.118. The highest BCUT2D eigenvalue weighted by molar-refractivity contribution is 5.72. The van der Waals surface area contributed by atoms with Gasteiger partial charge in [-0.15, -0.1) is 0 Å². The minimum atomic E-state index is -0.0127. The summed E-state index contributed by atoms with van der Waals surface area (Å²) < 4.78 is 0. The molecule has 0 aromatic carbocycles. The average molecular weight is 222 g/mol. The first kappa shape index (κ1) is 12.3. The summed E-state index contributed by atoms with van der Waals surface area (Å²) in [5.41, 5.74) is 1.94. The fourth-order valence-electron chi connectivity index (χ4n) is 1.28. The number of nitrogens with zero attached hydrogens (tertiary/aromatic N) is 1. The predicted octanol–water partition coefficient (Wildman–Crippen LogP) is 1.06. The molecule has 0 aliphatic heterocycles. The topological polar surface area (TPSA) is 66.1 Å². The molecule has 1 aromatic heterocycles. The zero-order chi connectivity index (χ0) is 11.8. The Morgan fingerprint density at radius 1 is 1.25 bits per heavy atom. The van der Waals surface area contributed by atoms with Crippen LogP contribution in [-0.4, -0.2) is 30.5 Å². The quantitative estimate of drug-likeness (QED) is 0.630. The predicted molar refractivity (Wildman–Crippen MR) is 65.6 cm³/mol. The summed E-state index contributed by atoms with van der Waals surface area (Å²) in [6.45, 7) is 5.72. The van der Waals surface area contributed by atoms with E-state index in [-0.39, 0.29) is 5.91 Å². The number of hydrogen-bond acceptors (Lipinski definition) is 4. The van der Waals surface area contributed by atoms with Gasteiger partial charge in [0.15, 0.2) is 0 Å². The first-order valence-electron chi connectivity index (χ1n) is 5.39. The van der Waals surface area contributed by atoms with Gasteiger partial charge < -0.3 is 16.0 Å². The van der Waals surface area contributed by atoms with E-state index in [4.69, 9.17) is 0 Å². The molecule has 0 bridgehead atoms. The number of pyridine rings is 1. The van der Waals surface area contributed by atoms with Crippen LogP contribution in [0.5, 0.6) is 0 Å². The summed E-state index contributed by atoms with van der Waals surface area (Å²) in [5, 5.41) is 9.08. The fraction of sp³-hybridized carbons (Fsp3) is 0.455. The van der Waals surface area contributed by atoms with Crippen LogP contribution in [0.1, 0.15) is 13.8 Å². The molecule has 0 radical (unpaired) electrons. The van der Waals surface area contributed by atoms with Crippen LogP contribution in [0.3, 0.4) is 0 Å². The van der Waals surface area contributed by atoms with Gasteiger partial charge in [-0.3, -0.25) is 9.78 Å². The fourth-order valence-corrected chi connectivity index (χ4v) is 1.28. The van der Waals surface area contributed by atoms with Crippen molar-refractivity contribution >= 4 is 17.3 Å². The molecular formula is C11H18N4O. The van der Waals surface area contributed by atoms with Crippen molar-refractivity contribution in [3.05, 3.63) is 18.5 Å². The molecule has 0 aliphatic carbocycles. The van der Waals surface area contributed by atoms with E-state index in [0.717, 1.165) is 17.9 Å². The maximum absolute atomic E-state index is 10.6. The number of rotatable bonds is 6. The Morgan fingerprint density at radius 3 is 2.56 bits per heavy atom. The Morgan fingerprint density at radius 2 is 1.94 bits per heavy atom. The van der Waals surface area contributed by atoms with Gasteiger partial charge in [0.25, 0.3) is 0 Å². The maximum Gasteiger partial charge on any atom is 0.216 e. The molecule has 0 unspecified atom stereocenters. The molecule has 1 amide bonds. The summed E-state index contributed by atoms with van der Waals surface area (Å²) in [6.07, 6.45) is 3.54. The Labute approximate surface area is 95.7 Å². The largest absolute Gasteiger partial charge is 0.384 e. The third-order valence-corrected chi connectivity index (χ3v) is 1.95. The monoisotopic (exact) mass is 222 g/mol. The van der Waals surface area contributed by atoms with Crippen LogP contribution in [0.2, 0.25) is 0 Å². The first-order chi connectivity index (χ1) is 7.72. The number of carbonyl (C=O) groups is 1. The van der Waals surface area contributed by atoms with Crippen molar-refractivity contribution in [2.24, 2.45) is 0 Å². The number of aromatic nitrogens is 1. The van der Waals surface area contributed by atoms with Crippen molar-refractivity contribution in [2.75, 3.05) is 30.3 Å². The molecule has 0 saturated heterocycles. The Hall–Kier alpha value is -1.78. The van der Waals surface area contributed by atoms with E-state index in [1.54, 1.807) is 12.4 Å². The SMILES string of the molecule is CCNc1cncc(NCCNC(C)=O)c1. The van der Waals surface area contributed by atoms with Gasteiger partial charge in [0, 0.05) is 26.6 Å². The van der Waals surface area contributed by atoms with E-state index < -0.39 is 0 Å². The molecule has 0 saturated carbocycles. The first-order valence-corrected chi connectivity index (χ1v) is 5.39. The lowest BCUT2D eigenvalue weighted by atomic mass is 10.3. The normalized spacial score (nSPS) is 9.62. The molecule has 1 rings (SSSR count). The van der Waals surface area contributed by atoms with Crippen LogP contribution in [0, 0.1) is 0 Å². The van der Waals surface area contributed by atoms with Crippen LogP contribution < -0.4 is 16.0 Å². The molecule has 3 N–H and O–H groups in total. The highest BCUT2D eigenvalue weighted by Crippen LogP contribution is 2.11. The van der Waals surface area contributed by atoms with E-state index >= 15 is 0 Å². The number of amides is 1. The van der Waals surface area contributed by atoms with Gasteiger partial charge in [0.05, 0.1) is 23.8 Å². The van der Waals surface area contributed by atoms with E-state index in [9.17, 15) is 4.79 Å². The molecule has 16 heavy (non-hydrogen) atoms. The van der Waals surface area contributed by atoms with Gasteiger partial charge >= 0.3 is 0 Å². The zero-order valence-corrected chi connectivity index (χ0v) is 9.71. The van der Waals surface area contributed by atoms with Crippen LogP contribution in [0.4, 0.5) is 11.4 Å². The van der Waals surface area contributed by atoms with Crippen molar-refractivity contribution in [1.82, 2.24) is 10.3 Å². The standard InChI is InChI=1S/C11H18N4O/c1-3-13-10-6-11(8-12-7-10)15-5-4-14-9(2)16/h6-8,13,15H,3-5H2,1-2H3,(H,14,16). The maximum atomic E-state index is 10.6. The second kappa shape index (κ2) is 6.66. The van der Waals surface area contributed by atoms with Crippen molar-refractivity contribution in [1.29, 1.82) is 0 Å². The highest BCUT2D eigenvalue weighted by atomic mass is 16.1. The van der Waals surface area contributed by atoms with Crippen LogP contribution in [-0.2, 0) is 4.79 Å². The zero-order valence-electron chi connectivity index (χ0n) is 9.71. The molecule has 1 heterocycles. The van der Waals surface area contributed by atoms with Crippen LogP contribution >= 0.6 is 0 Å². The third-order valence-electron chi connectivity index (χ3n) is 1.95. The average Bonchev–Trinajstić information content (AvgIpc) is 2.25. The summed E-state index contributed by atoms with van der Waals surface area (Å²) >= 11 is 0. The van der Waals surface area contributed by atoms with Gasteiger partial charge in [-0.2, -0.15) is 0 Å². The molecule has 5 heteroatoms. The van der Waals surface area contributed by atoms with E-state index in [0.29, 0.717) is 13.1 Å². The van der Waals surface area contributed by atoms with Gasteiger partial charge in [0.2, 0.25) is 5.91 Å². The Kier molecular flexibility index (Phi) is 5.11. The van der Waals surface area contributed by atoms with Gasteiger partial charge in [0.1, 0.15) is 0 Å². The number of nitrogens with one attached hydrogen (secondary N) is 3. The number of carbonyl (C=O) groups excluding carboxylic acids is 1. The molecule has 0 fully saturated rings. The summed E-state index contributed by atoms with van der Waals surface area (Å²) in [7, 11) is 0. The van der Waals surface area contributed by atoms with Crippen LogP contribution in [0.25, 0.3) is 0 Å². The molecule has 5 nitrogen and oxygen atoms in total. The molecule has 0 spiro atoms. The van der Waals surface area contributed by atoms with Crippen molar-refractivity contribution in [2.45, 2.75) is 13.8 Å². The van der Waals surface area contributed by atoms with Gasteiger partial charge in [-0.05, 0) is 13.0 Å². The van der Waals surface area contributed by atoms with E-state index in [1.165, 1.54) is 6.92 Å². The minimum absolute atomic E-state index is 0.0127. The van der Waals surface area contributed by atoms with Gasteiger partial charge in [-0.1, -0.05) is 0 Å². The van der Waals surface area contributed by atoms with Crippen molar-refractivity contribution < 1.29 is 4.79 Å². The van der Waals surface area contributed by atoms with Crippen LogP contribution in [0.15, 0.2) is 18.5 Å². The lowest BCUT2D eigenvalue weighted by Crippen LogP contribution is -2.26. The smallest absolute Gasteiger partial charge is 0.216 e. The summed E-state index contributed by atoms with van der Waals surface area (Å²) in [6, 6.07) is 1.99. The lowest BCUT2D eigenvalue weighted by Gasteiger charge is -2.08. The number of hydrogen-bond donors (Lipinski definition) is 3. The summed E-state index contributed by atoms with van der Waals surface area (Å²) in [4.78, 5) is 14.7. The highest BCUT2D eigenvalue weighted by Gasteiger charge is 1.95. The second-order valence-electron chi connectivity index (χ2n) is 3.40. The molecule has 0 aliphatic rings. The molecule has 88 valence electrons. The second-order valence-corrected chi connectivity index (χ2v) is 3.40. The molecule has 0 atom stereocenters. The Bertz CT molecular complexity index is 341. The van der Waals surface area contributed by atoms with E-state index in [1.807, 2.05) is 13.0 Å². The third kappa shape index (κ3) is 4.63. The minimum Gasteiger partial charge on any atom is -0.384 e. The Balaban J connectivity index is 2.35. The number of anilines is 2. The van der Waals surface area contributed by atoms with Crippen molar-refractivity contribution in [3.63, 3.8) is 0 Å².